The van der Waals surface area contributed by atoms with Gasteiger partial charge in [-0.3, -0.25) is 14.5 Å². The first-order valence-electron chi connectivity index (χ1n) is 8.61. The number of hydrogen-bond acceptors (Lipinski definition) is 5. The summed E-state index contributed by atoms with van der Waals surface area (Å²) in [7, 11) is 0. The van der Waals surface area contributed by atoms with Crippen LogP contribution >= 0.6 is 0 Å². The molecule has 136 valence electrons. The monoisotopic (exact) mass is 348 g/mol. The van der Waals surface area contributed by atoms with Crippen molar-refractivity contribution < 1.29 is 18.8 Å². The second-order valence-electron chi connectivity index (χ2n) is 7.40. The van der Waals surface area contributed by atoms with Gasteiger partial charge in [0.2, 0.25) is 11.8 Å². The Labute approximate surface area is 146 Å². The Bertz CT molecular complexity index is 689. The third kappa shape index (κ3) is 3.52. The Morgan fingerprint density at radius 2 is 2.08 bits per heavy atom. The van der Waals surface area contributed by atoms with Gasteiger partial charge in [0.15, 0.2) is 0 Å². The number of hydrogen-bond donors (Lipinski definition) is 2. The molecule has 0 unspecified atom stereocenters. The van der Waals surface area contributed by atoms with Crippen molar-refractivity contribution >= 4 is 17.8 Å². The number of carbonyl (C=O) groups is 3. The first-order valence-corrected chi connectivity index (χ1v) is 8.61. The van der Waals surface area contributed by atoms with E-state index < -0.39 is 17.5 Å². The van der Waals surface area contributed by atoms with Crippen LogP contribution < -0.4 is 10.6 Å². The van der Waals surface area contributed by atoms with Crippen molar-refractivity contribution in [1.29, 1.82) is 0 Å². The number of imide groups is 1. The third-order valence-corrected chi connectivity index (χ3v) is 4.85. The number of aryl methyl sites for hydroxylation is 1. The van der Waals surface area contributed by atoms with Gasteiger partial charge in [-0.15, -0.1) is 0 Å². The van der Waals surface area contributed by atoms with Crippen LogP contribution in [0.25, 0.3) is 0 Å². The summed E-state index contributed by atoms with van der Waals surface area (Å²) in [6.07, 6.45) is 3.85. The standard InChI is InChI=1S/C17H24N4O4/c1-10-4-11(2)6-17(5-10)15(23)21(16(24)20-17)9-13(22)18-8-14-19-7-12(3)25-14/h7,10-11H,4-6,8-9H2,1-3H3,(H,18,22)(H,20,24)/t10-,11-/m1/s1. The summed E-state index contributed by atoms with van der Waals surface area (Å²) in [5.74, 6) is 1.03. The van der Waals surface area contributed by atoms with Gasteiger partial charge in [0, 0.05) is 0 Å². The smallest absolute Gasteiger partial charge is 0.325 e. The maximum Gasteiger partial charge on any atom is 0.325 e. The van der Waals surface area contributed by atoms with E-state index in [0.717, 1.165) is 11.3 Å². The summed E-state index contributed by atoms with van der Waals surface area (Å²) in [6, 6.07) is -0.492. The Morgan fingerprint density at radius 3 is 2.68 bits per heavy atom. The molecule has 1 aliphatic carbocycles. The van der Waals surface area contributed by atoms with E-state index in [-0.39, 0.29) is 19.0 Å². The van der Waals surface area contributed by atoms with Crippen LogP contribution in [0.15, 0.2) is 10.6 Å². The predicted octanol–water partition coefficient (Wildman–Crippen LogP) is 1.35. The fourth-order valence-electron chi connectivity index (χ4n) is 4.08. The number of oxazole rings is 1. The molecule has 1 aromatic heterocycles. The average molecular weight is 348 g/mol. The predicted molar refractivity (Wildman–Crippen MR) is 88.2 cm³/mol. The molecule has 2 fully saturated rings. The van der Waals surface area contributed by atoms with Crippen molar-refractivity contribution in [3.8, 4) is 0 Å². The molecule has 0 radical (unpaired) electrons. The molecular formula is C17H24N4O4. The van der Waals surface area contributed by atoms with Crippen LogP contribution in [-0.4, -0.2) is 39.8 Å². The lowest BCUT2D eigenvalue weighted by Gasteiger charge is -2.37. The zero-order valence-electron chi connectivity index (χ0n) is 14.8. The Balaban J connectivity index is 1.61. The lowest BCUT2D eigenvalue weighted by atomic mass is 9.71. The van der Waals surface area contributed by atoms with E-state index in [0.29, 0.717) is 36.3 Å². The number of aromatic nitrogens is 1. The minimum atomic E-state index is -0.853. The molecule has 4 amide bonds. The van der Waals surface area contributed by atoms with Crippen LogP contribution in [0.5, 0.6) is 0 Å². The molecule has 2 atom stereocenters. The molecule has 8 nitrogen and oxygen atoms in total. The second kappa shape index (κ2) is 6.50. The van der Waals surface area contributed by atoms with Gasteiger partial charge in [0.25, 0.3) is 5.91 Å². The summed E-state index contributed by atoms with van der Waals surface area (Å²) in [5, 5.41) is 5.46. The van der Waals surface area contributed by atoms with E-state index in [1.807, 2.05) is 0 Å². The van der Waals surface area contributed by atoms with Gasteiger partial charge in [-0.25, -0.2) is 9.78 Å². The fourth-order valence-corrected chi connectivity index (χ4v) is 4.08. The molecule has 3 rings (SSSR count). The van der Waals surface area contributed by atoms with Crippen molar-refractivity contribution in [3.05, 3.63) is 17.8 Å². The van der Waals surface area contributed by atoms with Crippen LogP contribution in [0.2, 0.25) is 0 Å². The minimum absolute atomic E-state index is 0.121. The molecule has 0 bridgehead atoms. The highest BCUT2D eigenvalue weighted by atomic mass is 16.4. The van der Waals surface area contributed by atoms with Crippen LogP contribution in [0.3, 0.4) is 0 Å². The van der Waals surface area contributed by atoms with Gasteiger partial charge >= 0.3 is 6.03 Å². The van der Waals surface area contributed by atoms with Gasteiger partial charge in [-0.2, -0.15) is 0 Å². The summed E-state index contributed by atoms with van der Waals surface area (Å²) in [5.41, 5.74) is -0.853. The largest absolute Gasteiger partial charge is 0.444 e. The maximum absolute atomic E-state index is 12.8. The molecule has 1 saturated heterocycles. The highest BCUT2D eigenvalue weighted by molar-refractivity contribution is 6.09. The number of nitrogens with one attached hydrogen (secondary N) is 2. The number of rotatable bonds is 4. The van der Waals surface area contributed by atoms with E-state index in [2.05, 4.69) is 29.5 Å². The van der Waals surface area contributed by atoms with E-state index in [1.54, 1.807) is 13.1 Å². The van der Waals surface area contributed by atoms with Crippen molar-refractivity contribution in [3.63, 3.8) is 0 Å². The van der Waals surface area contributed by atoms with Crippen molar-refractivity contribution in [1.82, 2.24) is 20.5 Å². The van der Waals surface area contributed by atoms with Crippen molar-refractivity contribution in [2.24, 2.45) is 11.8 Å². The van der Waals surface area contributed by atoms with E-state index >= 15 is 0 Å². The highest BCUT2D eigenvalue weighted by Gasteiger charge is 2.54. The second-order valence-corrected chi connectivity index (χ2v) is 7.40. The molecule has 25 heavy (non-hydrogen) atoms. The van der Waals surface area contributed by atoms with E-state index in [4.69, 9.17) is 4.42 Å². The first-order chi connectivity index (χ1) is 11.8. The molecule has 2 N–H and O–H groups in total. The summed E-state index contributed by atoms with van der Waals surface area (Å²) < 4.78 is 5.27. The quantitative estimate of drug-likeness (QED) is 0.799. The number of carbonyl (C=O) groups excluding carboxylic acids is 3. The SMILES string of the molecule is Cc1cnc(CNC(=O)CN2C(=O)NC3(C[C@H](C)C[C@@H](C)C3)C2=O)o1. The van der Waals surface area contributed by atoms with Gasteiger partial charge in [-0.1, -0.05) is 13.8 Å². The number of nitrogens with zero attached hydrogens (tertiary/aromatic N) is 2. The van der Waals surface area contributed by atoms with Crippen LogP contribution in [-0.2, 0) is 16.1 Å². The maximum atomic E-state index is 12.8. The zero-order valence-corrected chi connectivity index (χ0v) is 14.8. The lowest BCUT2D eigenvalue weighted by molar-refractivity contribution is -0.136. The fraction of sp³-hybridized carbons (Fsp3) is 0.647. The summed E-state index contributed by atoms with van der Waals surface area (Å²) in [6.45, 7) is 5.76. The summed E-state index contributed by atoms with van der Waals surface area (Å²) >= 11 is 0. The molecule has 1 aliphatic heterocycles. The van der Waals surface area contributed by atoms with Crippen molar-refractivity contribution in [2.45, 2.75) is 52.1 Å². The molecule has 2 aliphatic rings. The minimum Gasteiger partial charge on any atom is -0.444 e. The molecule has 1 aromatic rings. The number of urea groups is 1. The molecular weight excluding hydrogens is 324 g/mol. The normalized spacial score (nSPS) is 29.2. The zero-order chi connectivity index (χ0) is 18.2. The molecule has 1 spiro atoms. The van der Waals surface area contributed by atoms with Gasteiger partial charge in [0.1, 0.15) is 17.8 Å². The lowest BCUT2D eigenvalue weighted by Crippen LogP contribution is -2.52. The Morgan fingerprint density at radius 1 is 1.40 bits per heavy atom. The molecule has 0 aromatic carbocycles. The average Bonchev–Trinajstić information content (AvgIpc) is 3.01. The van der Waals surface area contributed by atoms with Crippen LogP contribution in [0.1, 0.15) is 44.8 Å². The number of amides is 4. The van der Waals surface area contributed by atoms with Gasteiger partial charge < -0.3 is 15.1 Å². The van der Waals surface area contributed by atoms with Crippen LogP contribution in [0, 0.1) is 18.8 Å². The van der Waals surface area contributed by atoms with Crippen LogP contribution in [0.4, 0.5) is 4.79 Å². The Kier molecular flexibility index (Phi) is 4.53. The van der Waals surface area contributed by atoms with Gasteiger partial charge in [-0.05, 0) is 38.0 Å². The van der Waals surface area contributed by atoms with Gasteiger partial charge in [0.05, 0.1) is 12.7 Å². The molecule has 2 heterocycles. The van der Waals surface area contributed by atoms with E-state index in [1.165, 1.54) is 0 Å². The first kappa shape index (κ1) is 17.4. The molecule has 8 heteroatoms. The summed E-state index contributed by atoms with van der Waals surface area (Å²) in [4.78, 5) is 42.2. The Hall–Kier alpha value is -2.38. The third-order valence-electron chi connectivity index (χ3n) is 4.85. The molecule has 1 saturated carbocycles. The van der Waals surface area contributed by atoms with Crippen molar-refractivity contribution in [2.75, 3.05) is 6.54 Å². The van der Waals surface area contributed by atoms with E-state index in [9.17, 15) is 14.4 Å². The topological polar surface area (TPSA) is 105 Å². The highest BCUT2D eigenvalue weighted by Crippen LogP contribution is 2.39.